The summed E-state index contributed by atoms with van der Waals surface area (Å²) in [7, 11) is -2.22. The minimum atomic E-state index is -2.22. The van der Waals surface area contributed by atoms with Crippen LogP contribution in [-0.2, 0) is 50.8 Å². The molecule has 1 heterocycles. The molecule has 2 unspecified atom stereocenters. The lowest BCUT2D eigenvalue weighted by molar-refractivity contribution is -0.143. The molecule has 1 aliphatic heterocycles. The molecular formula is C26H36N8O11S. The van der Waals surface area contributed by atoms with Gasteiger partial charge in [0, 0.05) is 23.8 Å². The van der Waals surface area contributed by atoms with Crippen molar-refractivity contribution in [2.45, 2.75) is 49.9 Å². The number of carbonyl (C=O) groups excluding carboxylic acids is 5. The number of phenolic OH excluding ortho intramolecular Hbond substituents is 1. The van der Waals surface area contributed by atoms with E-state index >= 15 is 0 Å². The second-order valence-electron chi connectivity index (χ2n) is 10.1. The Morgan fingerprint density at radius 1 is 0.870 bits per heavy atom. The van der Waals surface area contributed by atoms with Crippen molar-refractivity contribution < 1.29 is 53.1 Å². The molecule has 0 spiro atoms. The summed E-state index contributed by atoms with van der Waals surface area (Å²) in [6, 6.07) is -0.622. The molecule has 19 nitrogen and oxygen atoms in total. The van der Waals surface area contributed by atoms with Gasteiger partial charge in [-0.25, -0.2) is 4.79 Å². The first kappa shape index (κ1) is 36.9. The van der Waals surface area contributed by atoms with E-state index in [1.807, 2.05) is 5.32 Å². The van der Waals surface area contributed by atoms with E-state index in [1.165, 1.54) is 24.3 Å². The Bertz CT molecular complexity index is 1370. The molecule has 0 aliphatic carbocycles. The molecule has 5 atom stereocenters. The van der Waals surface area contributed by atoms with Crippen LogP contribution in [0.2, 0.25) is 0 Å². The number of carboxylic acids is 2. The zero-order valence-electron chi connectivity index (χ0n) is 24.4. The molecule has 0 radical (unpaired) electrons. The molecule has 0 bridgehead atoms. The van der Waals surface area contributed by atoms with Gasteiger partial charge in [-0.1, -0.05) is 12.1 Å². The summed E-state index contributed by atoms with van der Waals surface area (Å²) < 4.78 is 12.8. The van der Waals surface area contributed by atoms with Crippen LogP contribution >= 0.6 is 0 Å². The van der Waals surface area contributed by atoms with E-state index < -0.39 is 101 Å². The van der Waals surface area contributed by atoms with E-state index in [9.17, 15) is 53.1 Å². The number of aliphatic imine (C=N–C) groups is 1. The fraction of sp³-hybridized carbons (Fsp3) is 0.462. The maximum Gasteiger partial charge on any atom is 0.327 e. The quantitative estimate of drug-likeness (QED) is 0.0673. The average Bonchev–Trinajstić information content (AvgIpc) is 2.96. The molecule has 1 fully saturated rings. The molecule has 2 rings (SSSR count). The van der Waals surface area contributed by atoms with Crippen molar-refractivity contribution >= 4 is 58.2 Å². The van der Waals surface area contributed by atoms with E-state index in [2.05, 4.69) is 26.3 Å². The molecule has 1 saturated heterocycles. The maximum atomic E-state index is 13.4. The second-order valence-corrected chi connectivity index (χ2v) is 11.6. The fourth-order valence-corrected chi connectivity index (χ4v) is 5.21. The molecule has 46 heavy (non-hydrogen) atoms. The number of rotatable bonds is 9. The molecule has 20 heteroatoms. The normalized spacial score (nSPS) is 23.7. The third kappa shape index (κ3) is 13.2. The zero-order valence-corrected chi connectivity index (χ0v) is 25.2. The van der Waals surface area contributed by atoms with E-state index in [-0.39, 0.29) is 37.5 Å². The highest BCUT2D eigenvalue weighted by molar-refractivity contribution is 7.85. The fourth-order valence-electron chi connectivity index (χ4n) is 4.12. The SMILES string of the molecule is NC(N)=NCCC[C@@H]1NC(=O)[C@H](Cc2ccc(O)cc2)NC(=O)CS(=O)CC(C(=O)O)NC(=O)[C@H](CC(=O)O)NC(=O)CNC1=O. The number of nitrogens with zero attached hydrogens (tertiary/aromatic N) is 1. The van der Waals surface area contributed by atoms with Gasteiger partial charge in [0.1, 0.15) is 35.7 Å². The average molecular weight is 669 g/mol. The molecule has 1 aromatic rings. The number of aromatic hydroxyl groups is 1. The number of aliphatic carboxylic acids is 2. The summed E-state index contributed by atoms with van der Waals surface area (Å²) >= 11 is 0. The Kier molecular flexibility index (Phi) is 14.4. The number of hydrogen-bond acceptors (Lipinski definition) is 10. The largest absolute Gasteiger partial charge is 0.508 e. The van der Waals surface area contributed by atoms with Gasteiger partial charge in [0.2, 0.25) is 29.5 Å². The molecule has 5 amide bonds. The molecule has 1 aliphatic rings. The van der Waals surface area contributed by atoms with Crippen LogP contribution in [0.15, 0.2) is 29.3 Å². The Balaban J connectivity index is 2.42. The highest BCUT2D eigenvalue weighted by Gasteiger charge is 2.32. The van der Waals surface area contributed by atoms with Crippen LogP contribution in [0.5, 0.6) is 5.75 Å². The molecular weight excluding hydrogens is 632 g/mol. The van der Waals surface area contributed by atoms with Gasteiger partial charge in [0.15, 0.2) is 5.96 Å². The van der Waals surface area contributed by atoms with Crippen LogP contribution in [0.1, 0.15) is 24.8 Å². The molecule has 252 valence electrons. The van der Waals surface area contributed by atoms with Gasteiger partial charge >= 0.3 is 11.9 Å². The van der Waals surface area contributed by atoms with Gasteiger partial charge in [-0.3, -0.25) is 38.0 Å². The number of carboxylic acid groups (broad SMARTS) is 2. The van der Waals surface area contributed by atoms with E-state index in [0.29, 0.717) is 5.56 Å². The number of phenols is 1. The Labute approximate surface area is 264 Å². The van der Waals surface area contributed by atoms with Gasteiger partial charge in [-0.2, -0.15) is 0 Å². The lowest BCUT2D eigenvalue weighted by Gasteiger charge is -2.24. The van der Waals surface area contributed by atoms with E-state index in [0.717, 1.165) is 0 Å². The number of benzene rings is 1. The van der Waals surface area contributed by atoms with Crippen molar-refractivity contribution in [3.05, 3.63) is 29.8 Å². The van der Waals surface area contributed by atoms with Crippen LogP contribution in [0.4, 0.5) is 0 Å². The van der Waals surface area contributed by atoms with Gasteiger partial charge in [-0.05, 0) is 30.5 Å². The first-order valence-corrected chi connectivity index (χ1v) is 15.2. The molecule has 0 saturated carbocycles. The van der Waals surface area contributed by atoms with E-state index in [4.69, 9.17) is 11.5 Å². The highest BCUT2D eigenvalue weighted by atomic mass is 32.2. The Morgan fingerprint density at radius 3 is 2.11 bits per heavy atom. The minimum absolute atomic E-state index is 0.0412. The smallest absolute Gasteiger partial charge is 0.327 e. The standard InChI is InChI=1S/C26H36N8O11S/c27-26(28)29-7-1-2-15-22(40)30-10-19(36)31-17(9-21(38)39)24(42)34-18(25(43)44)11-46(45)12-20(37)32-16(23(41)33-15)8-13-3-5-14(35)6-4-13/h3-6,15-18,35H,1-2,7-12H2,(H,30,40)(H,31,36)(H,32,37)(H,33,41)(H,34,42)(H,38,39)(H,43,44)(H4,27,28,29)/t15-,16-,17-,18?,46?/m0/s1. The van der Waals surface area contributed by atoms with Gasteiger partial charge in [-0.15, -0.1) is 0 Å². The van der Waals surface area contributed by atoms with Crippen LogP contribution < -0.4 is 38.1 Å². The summed E-state index contributed by atoms with van der Waals surface area (Å²) in [5, 5.41) is 39.6. The minimum Gasteiger partial charge on any atom is -0.508 e. The number of guanidine groups is 1. The number of nitrogens with two attached hydrogens (primary N) is 2. The van der Waals surface area contributed by atoms with Gasteiger partial charge in [0.05, 0.1) is 18.7 Å². The highest BCUT2D eigenvalue weighted by Crippen LogP contribution is 2.12. The lowest BCUT2D eigenvalue weighted by atomic mass is 10.0. The van der Waals surface area contributed by atoms with Crippen molar-refractivity contribution in [1.29, 1.82) is 0 Å². The van der Waals surface area contributed by atoms with Crippen molar-refractivity contribution in [2.75, 3.05) is 24.6 Å². The maximum absolute atomic E-state index is 13.4. The third-order valence-electron chi connectivity index (χ3n) is 6.32. The van der Waals surface area contributed by atoms with Crippen molar-refractivity contribution in [2.24, 2.45) is 16.5 Å². The Hall–Kier alpha value is -5.27. The topological polar surface area (TPSA) is 322 Å². The van der Waals surface area contributed by atoms with Crippen LogP contribution in [0.3, 0.4) is 0 Å². The van der Waals surface area contributed by atoms with Crippen LogP contribution in [0, 0.1) is 0 Å². The number of nitrogens with one attached hydrogen (secondary N) is 5. The summed E-state index contributed by atoms with van der Waals surface area (Å²) in [4.78, 5) is 91.6. The molecule has 1 aromatic carbocycles. The van der Waals surface area contributed by atoms with Crippen molar-refractivity contribution in [3.63, 3.8) is 0 Å². The van der Waals surface area contributed by atoms with E-state index in [1.54, 1.807) is 0 Å². The predicted octanol–water partition coefficient (Wildman–Crippen LogP) is -4.63. The number of amides is 5. The lowest BCUT2D eigenvalue weighted by Crippen LogP contribution is -2.57. The first-order valence-electron chi connectivity index (χ1n) is 13.7. The van der Waals surface area contributed by atoms with Crippen molar-refractivity contribution in [1.82, 2.24) is 26.6 Å². The molecule has 0 aromatic heterocycles. The zero-order chi connectivity index (χ0) is 34.4. The summed E-state index contributed by atoms with van der Waals surface area (Å²) in [6.45, 7) is -0.701. The summed E-state index contributed by atoms with van der Waals surface area (Å²) in [5.74, 6) is -9.91. The van der Waals surface area contributed by atoms with Gasteiger partial charge < -0.3 is 53.4 Å². The molecule has 12 N–H and O–H groups in total. The van der Waals surface area contributed by atoms with Gasteiger partial charge in [0.25, 0.3) is 0 Å². The number of carbonyl (C=O) groups is 7. The second kappa shape index (κ2) is 17.9. The predicted molar refractivity (Wildman–Crippen MR) is 160 cm³/mol. The van der Waals surface area contributed by atoms with Crippen LogP contribution in [-0.4, -0.2) is 116 Å². The number of hydrogen-bond donors (Lipinski definition) is 10. The monoisotopic (exact) mass is 668 g/mol. The first-order chi connectivity index (χ1) is 21.6. The van der Waals surface area contributed by atoms with Crippen LogP contribution in [0.25, 0.3) is 0 Å². The van der Waals surface area contributed by atoms with Crippen molar-refractivity contribution in [3.8, 4) is 5.75 Å². The summed E-state index contributed by atoms with van der Waals surface area (Å²) in [5.41, 5.74) is 11.1. The third-order valence-corrected chi connectivity index (χ3v) is 7.61. The summed E-state index contributed by atoms with van der Waals surface area (Å²) in [6.07, 6.45) is -0.966. The Morgan fingerprint density at radius 2 is 1.50 bits per heavy atom.